The maximum Gasteiger partial charge on any atom is 0.337 e. The van der Waals surface area contributed by atoms with Gasteiger partial charge in [-0.25, -0.2) is 9.79 Å². The van der Waals surface area contributed by atoms with Crippen molar-refractivity contribution in [1.82, 2.24) is 4.57 Å². The van der Waals surface area contributed by atoms with Crippen molar-refractivity contribution in [2.45, 2.75) is 19.9 Å². The number of rotatable bonds is 11. The van der Waals surface area contributed by atoms with E-state index in [2.05, 4.69) is 27.5 Å². The van der Waals surface area contributed by atoms with Crippen molar-refractivity contribution in [3.63, 3.8) is 0 Å². The smallest absolute Gasteiger partial charge is 0.337 e. The number of fused-ring (bicyclic) bond motifs is 1. The predicted octanol–water partition coefficient (Wildman–Crippen LogP) is 4.15. The second kappa shape index (κ2) is 13.0. The van der Waals surface area contributed by atoms with Crippen LogP contribution in [-0.4, -0.2) is 44.6 Å². The van der Waals surface area contributed by atoms with Crippen molar-refractivity contribution in [1.29, 1.82) is 0 Å². The number of methoxy groups -OCH3 is 2. The van der Waals surface area contributed by atoms with Gasteiger partial charge in [0.05, 0.1) is 43.6 Å². The first-order chi connectivity index (χ1) is 19.4. The standard InChI is InChI=1S/C29H29BrN2O7S/c1-6-11-39-24-15-20(30)18(13-22(24)35-4)14-25-27(33)32-26(19(28(34)36-5)16-31-29(32)40-25)17-9-10-21(37-7-2)23(12-17)38-8-3/h6,9-10,12-16,26H,1,7-8,11H2,2-5H3/b25-14-/t26-/m1/s1. The second-order valence-electron chi connectivity index (χ2n) is 8.37. The van der Waals surface area contributed by atoms with E-state index in [1.807, 2.05) is 13.8 Å². The van der Waals surface area contributed by atoms with Gasteiger partial charge in [0.25, 0.3) is 5.56 Å². The monoisotopic (exact) mass is 628 g/mol. The van der Waals surface area contributed by atoms with Crippen LogP contribution < -0.4 is 33.8 Å². The summed E-state index contributed by atoms with van der Waals surface area (Å²) in [5.74, 6) is 1.55. The Labute approximate surface area is 243 Å². The fraction of sp³-hybridized carbons (Fsp3) is 0.276. The van der Waals surface area contributed by atoms with Gasteiger partial charge in [0.15, 0.2) is 27.8 Å². The number of hydrogen-bond acceptors (Lipinski definition) is 9. The number of carbonyl (C=O) groups excluding carboxylic acids is 1. The Bertz CT molecular complexity index is 1640. The van der Waals surface area contributed by atoms with E-state index in [0.717, 1.165) is 0 Å². The Kier molecular flexibility index (Phi) is 9.49. The van der Waals surface area contributed by atoms with Crippen molar-refractivity contribution < 1.29 is 28.5 Å². The molecule has 4 rings (SSSR count). The molecule has 0 spiro atoms. The van der Waals surface area contributed by atoms with Crippen molar-refractivity contribution >= 4 is 39.3 Å². The van der Waals surface area contributed by atoms with Gasteiger partial charge >= 0.3 is 5.97 Å². The first kappa shape index (κ1) is 29.2. The fourth-order valence-electron chi connectivity index (χ4n) is 4.21. The van der Waals surface area contributed by atoms with E-state index < -0.39 is 12.0 Å². The molecular formula is C29H29BrN2O7S. The van der Waals surface area contributed by atoms with E-state index in [4.69, 9.17) is 23.7 Å². The van der Waals surface area contributed by atoms with E-state index >= 15 is 0 Å². The lowest BCUT2D eigenvalue weighted by Gasteiger charge is -2.23. The molecule has 1 aliphatic rings. The maximum atomic E-state index is 13.9. The molecule has 1 aromatic heterocycles. The van der Waals surface area contributed by atoms with Crippen molar-refractivity contribution in [2.24, 2.45) is 4.99 Å². The molecule has 0 aliphatic carbocycles. The first-order valence-corrected chi connectivity index (χ1v) is 14.1. The Morgan fingerprint density at radius 1 is 1.07 bits per heavy atom. The van der Waals surface area contributed by atoms with Crippen LogP contribution >= 0.6 is 27.3 Å². The van der Waals surface area contributed by atoms with E-state index in [9.17, 15) is 9.59 Å². The minimum Gasteiger partial charge on any atom is -0.493 e. The zero-order valence-electron chi connectivity index (χ0n) is 22.6. The number of carbonyl (C=O) groups is 1. The molecule has 40 heavy (non-hydrogen) atoms. The molecular weight excluding hydrogens is 600 g/mol. The molecule has 0 saturated carbocycles. The van der Waals surface area contributed by atoms with Gasteiger partial charge < -0.3 is 23.7 Å². The average molecular weight is 630 g/mol. The van der Waals surface area contributed by atoms with Crippen LogP contribution in [0.5, 0.6) is 23.0 Å². The number of thiazole rings is 1. The van der Waals surface area contributed by atoms with Gasteiger partial charge in [-0.15, -0.1) is 0 Å². The van der Waals surface area contributed by atoms with Crippen LogP contribution in [0.1, 0.15) is 31.0 Å². The summed E-state index contributed by atoms with van der Waals surface area (Å²) >= 11 is 4.78. The lowest BCUT2D eigenvalue weighted by molar-refractivity contribution is -0.136. The average Bonchev–Trinajstić information content (AvgIpc) is 3.28. The third kappa shape index (κ3) is 5.85. The quantitative estimate of drug-likeness (QED) is 0.232. The Morgan fingerprint density at radius 3 is 2.48 bits per heavy atom. The molecule has 0 radical (unpaired) electrons. The number of aromatic nitrogens is 1. The van der Waals surface area contributed by atoms with Crippen LogP contribution in [0.3, 0.4) is 0 Å². The number of hydrogen-bond donors (Lipinski definition) is 0. The highest BCUT2D eigenvalue weighted by Gasteiger charge is 2.31. The minimum absolute atomic E-state index is 0.222. The highest BCUT2D eigenvalue weighted by atomic mass is 79.9. The van der Waals surface area contributed by atoms with Crippen LogP contribution in [-0.2, 0) is 9.53 Å². The summed E-state index contributed by atoms with van der Waals surface area (Å²) in [6.07, 6.45) is 4.84. The van der Waals surface area contributed by atoms with Crippen LogP contribution in [0.25, 0.3) is 6.08 Å². The van der Waals surface area contributed by atoms with Gasteiger partial charge in [0.2, 0.25) is 0 Å². The normalized spacial score (nSPS) is 14.5. The summed E-state index contributed by atoms with van der Waals surface area (Å²) in [5.41, 5.74) is 1.27. The molecule has 0 fully saturated rings. The number of nitrogens with zero attached hydrogens (tertiary/aromatic N) is 2. The van der Waals surface area contributed by atoms with Gasteiger partial charge in [-0.2, -0.15) is 0 Å². The summed E-state index contributed by atoms with van der Waals surface area (Å²) in [6, 6.07) is 8.13. The van der Waals surface area contributed by atoms with Crippen molar-refractivity contribution in [3.8, 4) is 23.0 Å². The predicted molar refractivity (Wildman–Crippen MR) is 156 cm³/mol. The van der Waals surface area contributed by atoms with Crippen LogP contribution in [0.4, 0.5) is 0 Å². The lowest BCUT2D eigenvalue weighted by atomic mass is 9.97. The maximum absolute atomic E-state index is 13.9. The molecule has 0 N–H and O–H groups in total. The highest BCUT2D eigenvalue weighted by molar-refractivity contribution is 9.10. The molecule has 11 heteroatoms. The molecule has 0 saturated heterocycles. The fourth-order valence-corrected chi connectivity index (χ4v) is 5.61. The zero-order chi connectivity index (χ0) is 28.8. The Balaban J connectivity index is 1.88. The van der Waals surface area contributed by atoms with Gasteiger partial charge in [0.1, 0.15) is 6.61 Å². The lowest BCUT2D eigenvalue weighted by Crippen LogP contribution is -2.39. The number of halogens is 1. The van der Waals surface area contributed by atoms with Crippen LogP contribution in [0, 0.1) is 0 Å². The zero-order valence-corrected chi connectivity index (χ0v) is 25.0. The van der Waals surface area contributed by atoms with Crippen LogP contribution in [0.2, 0.25) is 0 Å². The second-order valence-corrected chi connectivity index (χ2v) is 10.2. The summed E-state index contributed by atoms with van der Waals surface area (Å²) in [6.45, 7) is 8.63. The van der Waals surface area contributed by atoms with Gasteiger partial charge in [0, 0.05) is 10.7 Å². The van der Waals surface area contributed by atoms with E-state index in [1.54, 1.807) is 49.6 Å². The number of ether oxygens (including phenoxy) is 5. The van der Waals surface area contributed by atoms with Crippen molar-refractivity contribution in [2.75, 3.05) is 34.0 Å². The molecule has 0 unspecified atom stereocenters. The number of esters is 1. The first-order valence-electron chi connectivity index (χ1n) is 12.5. The molecule has 3 aromatic rings. The van der Waals surface area contributed by atoms with Crippen molar-refractivity contribution in [3.05, 3.63) is 90.0 Å². The third-order valence-electron chi connectivity index (χ3n) is 5.93. The molecule has 0 amide bonds. The minimum atomic E-state index is -0.784. The molecule has 210 valence electrons. The summed E-state index contributed by atoms with van der Waals surface area (Å²) in [4.78, 5) is 31.6. The van der Waals surface area contributed by atoms with E-state index in [1.165, 1.54) is 29.2 Å². The molecule has 1 aliphatic heterocycles. The Hall–Kier alpha value is -3.83. The van der Waals surface area contributed by atoms with Gasteiger partial charge in [-0.1, -0.05) is 46.0 Å². The van der Waals surface area contributed by atoms with Gasteiger partial charge in [-0.05, 0) is 55.3 Å². The van der Waals surface area contributed by atoms with Crippen LogP contribution in [0.15, 0.2) is 69.0 Å². The molecule has 1 atom stereocenters. The highest BCUT2D eigenvalue weighted by Crippen LogP contribution is 2.36. The summed E-state index contributed by atoms with van der Waals surface area (Å²) in [7, 11) is 2.84. The van der Waals surface area contributed by atoms with E-state index in [-0.39, 0.29) is 11.1 Å². The SMILES string of the molecule is C=CCOc1cc(Br)c(/C=c2\sc3n(c2=O)[C@H](c2ccc(OCC)c(OCC)c2)C(C(=O)OC)=CN=3)cc1OC. The molecule has 2 heterocycles. The summed E-state index contributed by atoms with van der Waals surface area (Å²) in [5, 5.41) is 0. The molecule has 9 nitrogen and oxygen atoms in total. The topological polar surface area (TPSA) is 97.6 Å². The largest absolute Gasteiger partial charge is 0.493 e. The molecule has 2 aromatic carbocycles. The Morgan fingerprint density at radius 2 is 1.80 bits per heavy atom. The number of benzene rings is 2. The third-order valence-corrected chi connectivity index (χ3v) is 7.62. The van der Waals surface area contributed by atoms with Gasteiger partial charge in [-0.3, -0.25) is 9.36 Å². The van der Waals surface area contributed by atoms with E-state index in [0.29, 0.717) is 67.8 Å². The summed E-state index contributed by atoms with van der Waals surface area (Å²) < 4.78 is 30.3. The molecule has 0 bridgehead atoms.